The number of rotatable bonds is 8. The van der Waals surface area contributed by atoms with E-state index in [1.807, 2.05) is 18.7 Å². The largest absolute Gasteiger partial charge is 0.478 e. The fraction of sp³-hybridized carbons (Fsp3) is 0.400. The molecule has 0 saturated heterocycles. The Kier molecular flexibility index (Phi) is 6.73. The lowest BCUT2D eigenvalue weighted by molar-refractivity contribution is -0.131. The summed E-state index contributed by atoms with van der Waals surface area (Å²) in [5, 5.41) is 8.54. The molecular formula is C15H20FNO3. The van der Waals surface area contributed by atoms with E-state index >= 15 is 0 Å². The molecule has 0 fully saturated rings. The summed E-state index contributed by atoms with van der Waals surface area (Å²) in [5.74, 6) is -1.42. The van der Waals surface area contributed by atoms with E-state index in [2.05, 4.69) is 0 Å². The number of ether oxygens (including phenoxy) is 1. The number of carboxylic acids is 1. The Bertz CT molecular complexity index is 474. The van der Waals surface area contributed by atoms with Gasteiger partial charge in [0.25, 0.3) is 0 Å². The zero-order valence-electron chi connectivity index (χ0n) is 11.8. The summed E-state index contributed by atoms with van der Waals surface area (Å²) >= 11 is 0. The third-order valence-corrected chi connectivity index (χ3v) is 2.82. The second-order valence-electron chi connectivity index (χ2n) is 4.16. The van der Waals surface area contributed by atoms with Crippen LogP contribution in [0.4, 0.5) is 10.1 Å². The van der Waals surface area contributed by atoms with Crippen LogP contribution in [-0.2, 0) is 9.53 Å². The highest BCUT2D eigenvalue weighted by Crippen LogP contribution is 2.21. The van der Waals surface area contributed by atoms with Gasteiger partial charge in [-0.2, -0.15) is 0 Å². The van der Waals surface area contributed by atoms with E-state index in [0.717, 1.165) is 6.08 Å². The maximum atomic E-state index is 14.1. The van der Waals surface area contributed by atoms with Crippen LogP contribution in [0.2, 0.25) is 0 Å². The molecule has 1 rings (SSSR count). The number of benzene rings is 1. The lowest BCUT2D eigenvalue weighted by atomic mass is 10.1. The molecular weight excluding hydrogens is 261 g/mol. The van der Waals surface area contributed by atoms with E-state index in [9.17, 15) is 9.18 Å². The first kappa shape index (κ1) is 16.2. The van der Waals surface area contributed by atoms with Gasteiger partial charge in [-0.15, -0.1) is 0 Å². The number of aliphatic carboxylic acids is 1. The minimum absolute atomic E-state index is 0.365. The molecule has 5 heteroatoms. The first-order valence-electron chi connectivity index (χ1n) is 6.61. The number of nitrogens with zero attached hydrogens (tertiary/aromatic N) is 1. The van der Waals surface area contributed by atoms with Gasteiger partial charge >= 0.3 is 5.97 Å². The van der Waals surface area contributed by atoms with Gasteiger partial charge in [0, 0.05) is 25.8 Å². The summed E-state index contributed by atoms with van der Waals surface area (Å²) in [6.07, 6.45) is 2.35. The number of hydrogen-bond acceptors (Lipinski definition) is 3. The van der Waals surface area contributed by atoms with E-state index in [1.54, 1.807) is 12.1 Å². The molecule has 0 saturated carbocycles. The Balaban J connectivity index is 2.82. The van der Waals surface area contributed by atoms with E-state index in [-0.39, 0.29) is 5.82 Å². The molecule has 110 valence electrons. The second kappa shape index (κ2) is 8.32. The molecule has 1 N–H and O–H groups in total. The fourth-order valence-corrected chi connectivity index (χ4v) is 1.82. The van der Waals surface area contributed by atoms with Crippen LogP contribution >= 0.6 is 0 Å². The molecule has 20 heavy (non-hydrogen) atoms. The van der Waals surface area contributed by atoms with Crippen molar-refractivity contribution >= 4 is 17.7 Å². The van der Waals surface area contributed by atoms with Crippen LogP contribution in [0.5, 0.6) is 0 Å². The quantitative estimate of drug-likeness (QED) is 0.588. The van der Waals surface area contributed by atoms with E-state index in [1.165, 1.54) is 12.1 Å². The minimum atomic E-state index is -1.05. The number of carboxylic acid groups (broad SMARTS) is 1. The number of carbonyl (C=O) groups is 1. The van der Waals surface area contributed by atoms with Crippen molar-refractivity contribution in [3.63, 3.8) is 0 Å². The summed E-state index contributed by atoms with van der Waals surface area (Å²) in [6, 6.07) is 4.69. The highest BCUT2D eigenvalue weighted by Gasteiger charge is 2.10. The molecule has 4 nitrogen and oxygen atoms in total. The molecule has 0 amide bonds. The van der Waals surface area contributed by atoms with Crippen LogP contribution < -0.4 is 4.90 Å². The van der Waals surface area contributed by atoms with Crippen LogP contribution in [-0.4, -0.2) is 37.4 Å². The van der Waals surface area contributed by atoms with E-state index in [0.29, 0.717) is 37.6 Å². The first-order valence-corrected chi connectivity index (χ1v) is 6.61. The highest BCUT2D eigenvalue weighted by atomic mass is 19.1. The van der Waals surface area contributed by atoms with Gasteiger partial charge in [-0.1, -0.05) is 6.07 Å². The van der Waals surface area contributed by atoms with Gasteiger partial charge in [-0.3, -0.25) is 0 Å². The van der Waals surface area contributed by atoms with Crippen LogP contribution in [0.15, 0.2) is 24.3 Å². The maximum Gasteiger partial charge on any atom is 0.328 e. The van der Waals surface area contributed by atoms with Gasteiger partial charge in [0.05, 0.1) is 12.3 Å². The van der Waals surface area contributed by atoms with Gasteiger partial charge in [0.2, 0.25) is 0 Å². The standard InChI is InChI=1S/C15H20FNO3/c1-3-17(9-10-20-4-2)14-7-5-12(11-13(14)16)6-8-15(18)19/h5-8,11H,3-4,9-10H2,1-2H3,(H,18,19). The monoisotopic (exact) mass is 281 g/mol. The van der Waals surface area contributed by atoms with Crippen molar-refractivity contribution in [2.24, 2.45) is 0 Å². The summed E-state index contributed by atoms with van der Waals surface area (Å²) in [4.78, 5) is 12.3. The van der Waals surface area contributed by atoms with Gasteiger partial charge < -0.3 is 14.7 Å². The van der Waals surface area contributed by atoms with Crippen molar-refractivity contribution in [2.75, 3.05) is 31.2 Å². The Morgan fingerprint density at radius 3 is 2.75 bits per heavy atom. The lowest BCUT2D eigenvalue weighted by Crippen LogP contribution is -2.28. The molecule has 1 aromatic rings. The molecule has 1 aromatic carbocycles. The van der Waals surface area contributed by atoms with Crippen molar-refractivity contribution in [3.05, 3.63) is 35.7 Å². The SMILES string of the molecule is CCOCCN(CC)c1ccc(C=CC(=O)O)cc1F. The highest BCUT2D eigenvalue weighted by molar-refractivity contribution is 5.85. The first-order chi connectivity index (χ1) is 9.58. The number of anilines is 1. The Morgan fingerprint density at radius 2 is 2.20 bits per heavy atom. The van der Waals surface area contributed by atoms with Crippen molar-refractivity contribution in [3.8, 4) is 0 Å². The normalized spacial score (nSPS) is 10.9. The van der Waals surface area contributed by atoms with Crippen molar-refractivity contribution in [1.82, 2.24) is 0 Å². The molecule has 0 aliphatic rings. The Hall–Kier alpha value is -1.88. The topological polar surface area (TPSA) is 49.8 Å². The third kappa shape index (κ3) is 5.01. The zero-order valence-corrected chi connectivity index (χ0v) is 11.8. The Morgan fingerprint density at radius 1 is 1.45 bits per heavy atom. The van der Waals surface area contributed by atoms with E-state index < -0.39 is 5.97 Å². The molecule has 0 spiro atoms. The predicted octanol–water partition coefficient (Wildman–Crippen LogP) is 2.79. The molecule has 0 radical (unpaired) electrons. The zero-order chi connectivity index (χ0) is 15.0. The van der Waals surface area contributed by atoms with Crippen LogP contribution in [0.1, 0.15) is 19.4 Å². The van der Waals surface area contributed by atoms with Crippen molar-refractivity contribution in [1.29, 1.82) is 0 Å². The molecule has 0 aliphatic heterocycles. The molecule has 0 bridgehead atoms. The minimum Gasteiger partial charge on any atom is -0.478 e. The summed E-state index contributed by atoms with van der Waals surface area (Å²) < 4.78 is 19.3. The summed E-state index contributed by atoms with van der Waals surface area (Å²) in [6.45, 7) is 6.34. The average molecular weight is 281 g/mol. The predicted molar refractivity (Wildman–Crippen MR) is 77.4 cm³/mol. The van der Waals surface area contributed by atoms with Crippen LogP contribution in [0, 0.1) is 5.82 Å². The van der Waals surface area contributed by atoms with Gasteiger partial charge in [0.15, 0.2) is 0 Å². The maximum absolute atomic E-state index is 14.1. The second-order valence-corrected chi connectivity index (χ2v) is 4.16. The molecule has 0 unspecified atom stereocenters. The smallest absolute Gasteiger partial charge is 0.328 e. The van der Waals surface area contributed by atoms with Crippen LogP contribution in [0.25, 0.3) is 6.08 Å². The lowest BCUT2D eigenvalue weighted by Gasteiger charge is -2.23. The fourth-order valence-electron chi connectivity index (χ4n) is 1.82. The summed E-state index contributed by atoms with van der Waals surface area (Å²) in [7, 11) is 0. The number of halogens is 1. The summed E-state index contributed by atoms with van der Waals surface area (Å²) in [5.41, 5.74) is 1.02. The van der Waals surface area contributed by atoms with Crippen molar-refractivity contribution < 1.29 is 19.0 Å². The number of likely N-dealkylation sites (N-methyl/N-ethyl adjacent to an activating group) is 1. The Labute approximate surface area is 118 Å². The third-order valence-electron chi connectivity index (χ3n) is 2.82. The van der Waals surface area contributed by atoms with Crippen molar-refractivity contribution in [2.45, 2.75) is 13.8 Å². The van der Waals surface area contributed by atoms with Gasteiger partial charge in [0.1, 0.15) is 5.82 Å². The van der Waals surface area contributed by atoms with Gasteiger partial charge in [-0.05, 0) is 37.6 Å². The molecule has 0 atom stereocenters. The molecule has 0 aromatic heterocycles. The van der Waals surface area contributed by atoms with E-state index in [4.69, 9.17) is 9.84 Å². The molecule has 0 aliphatic carbocycles. The number of hydrogen-bond donors (Lipinski definition) is 1. The molecule has 0 heterocycles. The van der Waals surface area contributed by atoms with Crippen LogP contribution in [0.3, 0.4) is 0 Å². The average Bonchev–Trinajstić information content (AvgIpc) is 2.42. The van der Waals surface area contributed by atoms with Gasteiger partial charge in [-0.25, -0.2) is 9.18 Å².